The molecule has 5 heteroatoms. The van der Waals surface area contributed by atoms with Crippen LogP contribution >= 0.6 is 0 Å². The molecule has 5 nitrogen and oxygen atoms in total. The van der Waals surface area contributed by atoms with E-state index >= 15 is 0 Å². The third kappa shape index (κ3) is 3.93. The molecule has 0 saturated heterocycles. The number of hydrogen-bond donors (Lipinski definition) is 3. The van der Waals surface area contributed by atoms with Gasteiger partial charge >= 0.3 is 11.9 Å². The molecule has 0 aromatic heterocycles. The van der Waals surface area contributed by atoms with Crippen LogP contribution in [0, 0.1) is 0 Å². The minimum Gasteiger partial charge on any atom is -0.508 e. The zero-order valence-corrected chi connectivity index (χ0v) is 9.88. The van der Waals surface area contributed by atoms with Gasteiger partial charge in [0.25, 0.3) is 0 Å². The summed E-state index contributed by atoms with van der Waals surface area (Å²) in [5, 5.41) is 27.0. The van der Waals surface area contributed by atoms with E-state index in [2.05, 4.69) is 0 Å². The first-order valence-electron chi connectivity index (χ1n) is 5.35. The number of phenolic OH excluding ortho intramolecular Hbond substituents is 1. The number of aromatic hydroxyl groups is 1. The predicted molar refractivity (Wildman–Crippen MR) is 64.8 cm³/mol. The normalized spacial score (nSPS) is 11.3. The van der Waals surface area contributed by atoms with Gasteiger partial charge in [-0.2, -0.15) is 0 Å². The number of allylic oxidation sites excluding steroid dienone is 1. The Bertz CT molecular complexity index is 502. The lowest BCUT2D eigenvalue weighted by molar-refractivity contribution is -0.131. The minimum atomic E-state index is -1.06. The van der Waals surface area contributed by atoms with Crippen molar-refractivity contribution in [3.8, 4) is 5.75 Å². The van der Waals surface area contributed by atoms with Gasteiger partial charge in [0, 0.05) is 6.08 Å². The van der Waals surface area contributed by atoms with Crippen LogP contribution in [0.5, 0.6) is 5.75 Å². The van der Waals surface area contributed by atoms with Gasteiger partial charge in [-0.3, -0.25) is 0 Å². The number of phenols is 1. The maximum absolute atomic E-state index is 10.8. The molecule has 1 rings (SSSR count). The van der Waals surface area contributed by atoms with E-state index in [1.165, 1.54) is 18.2 Å². The fourth-order valence-corrected chi connectivity index (χ4v) is 1.53. The van der Waals surface area contributed by atoms with Crippen LogP contribution in [-0.2, 0) is 11.2 Å². The Hall–Kier alpha value is -2.30. The van der Waals surface area contributed by atoms with E-state index < -0.39 is 11.9 Å². The summed E-state index contributed by atoms with van der Waals surface area (Å²) in [6.45, 7) is 1.67. The summed E-state index contributed by atoms with van der Waals surface area (Å²) in [4.78, 5) is 21.2. The van der Waals surface area contributed by atoms with Crippen molar-refractivity contribution in [3.05, 3.63) is 41.0 Å². The van der Waals surface area contributed by atoms with Gasteiger partial charge in [-0.15, -0.1) is 0 Å². The van der Waals surface area contributed by atoms with Crippen LogP contribution in [0.25, 0.3) is 0 Å². The first-order chi connectivity index (χ1) is 8.40. The van der Waals surface area contributed by atoms with Crippen LogP contribution < -0.4 is 0 Å². The third-order valence-corrected chi connectivity index (χ3v) is 2.48. The van der Waals surface area contributed by atoms with Crippen molar-refractivity contribution in [3.63, 3.8) is 0 Å². The molecule has 0 unspecified atom stereocenters. The number of carboxylic acids is 2. The molecule has 96 valence electrons. The molecule has 0 aliphatic carbocycles. The van der Waals surface area contributed by atoms with Crippen LogP contribution in [0.3, 0.4) is 0 Å². The Labute approximate surface area is 104 Å². The zero-order valence-electron chi connectivity index (χ0n) is 9.88. The predicted octanol–water partition coefficient (Wildman–Crippen LogP) is 2.05. The standard InChI is InChI=1S/C13H14O5/c1-8(6-12(15)16)2-3-9-7-10(13(17)18)4-5-11(9)14/h4-7,14H,2-3H2,1H3,(H,15,16)(H,17,18)/b8-6+. The van der Waals surface area contributed by atoms with E-state index in [9.17, 15) is 14.7 Å². The average Bonchev–Trinajstić information content (AvgIpc) is 2.26. The van der Waals surface area contributed by atoms with Crippen molar-refractivity contribution in [2.24, 2.45) is 0 Å². The van der Waals surface area contributed by atoms with Crippen molar-refractivity contribution in [1.29, 1.82) is 0 Å². The van der Waals surface area contributed by atoms with Crippen LogP contribution in [0.15, 0.2) is 29.8 Å². The lowest BCUT2D eigenvalue weighted by Gasteiger charge is -2.06. The smallest absolute Gasteiger partial charge is 0.335 e. The van der Waals surface area contributed by atoms with Crippen LogP contribution in [0.2, 0.25) is 0 Å². The van der Waals surface area contributed by atoms with Gasteiger partial charge in [-0.05, 0) is 43.5 Å². The summed E-state index contributed by atoms with van der Waals surface area (Å²) in [5.74, 6) is -2.06. The number of benzene rings is 1. The van der Waals surface area contributed by atoms with E-state index in [1.54, 1.807) is 6.92 Å². The average molecular weight is 250 g/mol. The quantitative estimate of drug-likeness (QED) is 0.695. The molecule has 3 N–H and O–H groups in total. The van der Waals surface area contributed by atoms with Gasteiger partial charge in [0.15, 0.2) is 0 Å². The van der Waals surface area contributed by atoms with Crippen molar-refractivity contribution < 1.29 is 24.9 Å². The van der Waals surface area contributed by atoms with Crippen LogP contribution in [-0.4, -0.2) is 27.3 Å². The number of aliphatic carboxylic acids is 1. The molecule has 1 aromatic rings. The monoisotopic (exact) mass is 250 g/mol. The van der Waals surface area contributed by atoms with E-state index in [0.29, 0.717) is 24.0 Å². The van der Waals surface area contributed by atoms with E-state index in [1.807, 2.05) is 0 Å². The molecular weight excluding hydrogens is 236 g/mol. The third-order valence-electron chi connectivity index (χ3n) is 2.48. The van der Waals surface area contributed by atoms with Gasteiger partial charge in [-0.1, -0.05) is 5.57 Å². The van der Waals surface area contributed by atoms with E-state index in [0.717, 1.165) is 6.08 Å². The highest BCUT2D eigenvalue weighted by molar-refractivity contribution is 5.88. The molecule has 18 heavy (non-hydrogen) atoms. The Morgan fingerprint density at radius 1 is 1.28 bits per heavy atom. The molecule has 0 aliphatic rings. The van der Waals surface area contributed by atoms with Crippen molar-refractivity contribution >= 4 is 11.9 Å². The topological polar surface area (TPSA) is 94.8 Å². The summed E-state index contributed by atoms with van der Waals surface area (Å²) in [6.07, 6.45) is 1.93. The molecule has 0 atom stereocenters. The molecule has 1 aromatic carbocycles. The van der Waals surface area contributed by atoms with E-state index in [4.69, 9.17) is 10.2 Å². The maximum Gasteiger partial charge on any atom is 0.335 e. The Kier molecular flexibility index (Phi) is 4.48. The number of carboxylic acid groups (broad SMARTS) is 2. The number of carbonyl (C=O) groups is 2. The summed E-state index contributed by atoms with van der Waals surface area (Å²) in [6, 6.07) is 4.04. The van der Waals surface area contributed by atoms with Crippen molar-refractivity contribution in [2.45, 2.75) is 19.8 Å². The second-order valence-corrected chi connectivity index (χ2v) is 3.98. The largest absolute Gasteiger partial charge is 0.508 e. The highest BCUT2D eigenvalue weighted by Crippen LogP contribution is 2.21. The summed E-state index contributed by atoms with van der Waals surface area (Å²) >= 11 is 0. The minimum absolute atomic E-state index is 0.0168. The van der Waals surface area contributed by atoms with E-state index in [-0.39, 0.29) is 11.3 Å². The van der Waals surface area contributed by atoms with Crippen molar-refractivity contribution in [1.82, 2.24) is 0 Å². The van der Waals surface area contributed by atoms with Crippen molar-refractivity contribution in [2.75, 3.05) is 0 Å². The fourth-order valence-electron chi connectivity index (χ4n) is 1.53. The second-order valence-electron chi connectivity index (χ2n) is 3.98. The summed E-state index contributed by atoms with van der Waals surface area (Å²) < 4.78 is 0. The molecule has 0 aliphatic heterocycles. The Morgan fingerprint density at radius 3 is 2.50 bits per heavy atom. The highest BCUT2D eigenvalue weighted by atomic mass is 16.4. The molecule has 0 radical (unpaired) electrons. The Morgan fingerprint density at radius 2 is 1.94 bits per heavy atom. The van der Waals surface area contributed by atoms with Gasteiger partial charge in [0.05, 0.1) is 5.56 Å². The van der Waals surface area contributed by atoms with Gasteiger partial charge < -0.3 is 15.3 Å². The maximum atomic E-state index is 10.8. The van der Waals surface area contributed by atoms with Gasteiger partial charge in [0.1, 0.15) is 5.75 Å². The molecule has 0 spiro atoms. The lowest BCUT2D eigenvalue weighted by Crippen LogP contribution is -1.98. The zero-order chi connectivity index (χ0) is 13.7. The molecule has 0 amide bonds. The molecule has 0 bridgehead atoms. The lowest BCUT2D eigenvalue weighted by atomic mass is 10.0. The fraction of sp³-hybridized carbons (Fsp3) is 0.231. The SMILES string of the molecule is C/C(=C\C(=O)O)CCc1cc(C(=O)O)ccc1O. The van der Waals surface area contributed by atoms with Crippen LogP contribution in [0.1, 0.15) is 29.3 Å². The highest BCUT2D eigenvalue weighted by Gasteiger charge is 2.08. The first-order valence-corrected chi connectivity index (χ1v) is 5.35. The molecule has 0 heterocycles. The Balaban J connectivity index is 2.81. The number of aryl methyl sites for hydroxylation is 1. The number of hydrogen-bond acceptors (Lipinski definition) is 3. The summed E-state index contributed by atoms with van der Waals surface area (Å²) in [7, 11) is 0. The molecule has 0 saturated carbocycles. The van der Waals surface area contributed by atoms with Gasteiger partial charge in [-0.25, -0.2) is 9.59 Å². The first kappa shape index (κ1) is 13.8. The number of aromatic carboxylic acids is 1. The molecular formula is C13H14O5. The number of rotatable bonds is 5. The molecule has 0 fully saturated rings. The van der Waals surface area contributed by atoms with Crippen LogP contribution in [0.4, 0.5) is 0 Å². The van der Waals surface area contributed by atoms with Gasteiger partial charge in [0.2, 0.25) is 0 Å². The summed E-state index contributed by atoms with van der Waals surface area (Å²) in [5.41, 5.74) is 1.25. The second kappa shape index (κ2) is 5.86.